The molecule has 7 heteroatoms. The summed E-state index contributed by atoms with van der Waals surface area (Å²) >= 11 is 12.6. The predicted octanol–water partition coefficient (Wildman–Crippen LogP) is 6.64. The number of rotatable bonds is 8. The summed E-state index contributed by atoms with van der Waals surface area (Å²) in [6.07, 6.45) is 1.97. The van der Waals surface area contributed by atoms with Crippen molar-refractivity contribution in [3.05, 3.63) is 75.0 Å². The Hall–Kier alpha value is -2.21. The van der Waals surface area contributed by atoms with Crippen LogP contribution in [0.2, 0.25) is 10.0 Å². The second kappa shape index (κ2) is 10.2. The van der Waals surface area contributed by atoms with Gasteiger partial charge in [-0.1, -0.05) is 61.3 Å². The zero-order valence-corrected chi connectivity index (χ0v) is 19.7. The van der Waals surface area contributed by atoms with Gasteiger partial charge in [-0.25, -0.2) is 14.4 Å². The molecule has 0 spiro atoms. The van der Waals surface area contributed by atoms with E-state index in [4.69, 9.17) is 37.9 Å². The third-order valence-electron chi connectivity index (χ3n) is 5.78. The predicted molar refractivity (Wildman–Crippen MR) is 128 cm³/mol. The minimum absolute atomic E-state index is 0.0807. The summed E-state index contributed by atoms with van der Waals surface area (Å²) < 4.78 is 18.7. The quantitative estimate of drug-likeness (QED) is 0.398. The maximum absolute atomic E-state index is 12.8. The lowest BCUT2D eigenvalue weighted by Crippen LogP contribution is -2.27. The number of alkyl halides is 1. The van der Waals surface area contributed by atoms with Gasteiger partial charge in [-0.05, 0) is 42.2 Å². The molecule has 0 unspecified atom stereocenters. The highest BCUT2D eigenvalue weighted by Crippen LogP contribution is 2.37. The number of benzene rings is 2. The Labute approximate surface area is 198 Å². The highest BCUT2D eigenvalue weighted by atomic mass is 35.5. The number of halogens is 3. The number of aromatic nitrogens is 2. The number of nitrogens with zero attached hydrogens (tertiary/aromatic N) is 2. The lowest BCUT2D eigenvalue weighted by molar-refractivity contribution is 0.0393. The van der Waals surface area contributed by atoms with Crippen LogP contribution in [0.3, 0.4) is 0 Å². The number of ether oxygens (including phenoxy) is 1. The zero-order valence-electron chi connectivity index (χ0n) is 18.2. The molecule has 32 heavy (non-hydrogen) atoms. The fraction of sp³-hybridized carbons (Fsp3) is 0.360. The van der Waals surface area contributed by atoms with Crippen LogP contribution in [0.15, 0.2) is 42.5 Å². The molecule has 4 nitrogen and oxygen atoms in total. The van der Waals surface area contributed by atoms with Crippen LogP contribution < -0.4 is 5.32 Å². The molecular formula is C25H26Cl2FN3O. The van der Waals surface area contributed by atoms with Crippen LogP contribution in [0.5, 0.6) is 0 Å². The summed E-state index contributed by atoms with van der Waals surface area (Å²) in [4.78, 5) is 9.91. The van der Waals surface area contributed by atoms with Gasteiger partial charge in [-0.15, -0.1) is 0 Å². The Morgan fingerprint density at radius 3 is 2.56 bits per heavy atom. The van der Waals surface area contributed by atoms with E-state index in [1.165, 1.54) is 5.56 Å². The molecule has 0 radical (unpaired) electrons. The topological polar surface area (TPSA) is 47.0 Å². The lowest BCUT2D eigenvalue weighted by atomic mass is 10.1. The average Bonchev–Trinajstić information content (AvgIpc) is 3.15. The maximum Gasteiger partial charge on any atom is 0.148 e. The van der Waals surface area contributed by atoms with Crippen molar-refractivity contribution in [1.82, 2.24) is 9.97 Å². The summed E-state index contributed by atoms with van der Waals surface area (Å²) in [6.45, 7) is 3.67. The van der Waals surface area contributed by atoms with Crippen LogP contribution in [0.1, 0.15) is 42.4 Å². The van der Waals surface area contributed by atoms with Crippen molar-refractivity contribution in [2.45, 2.75) is 45.3 Å². The normalized spacial score (nSPS) is 17.4. The Morgan fingerprint density at radius 2 is 1.84 bits per heavy atom. The minimum atomic E-state index is -0.504. The molecule has 0 bridgehead atoms. The largest absolute Gasteiger partial charge is 0.373 e. The molecule has 1 aliphatic carbocycles. The Balaban J connectivity index is 1.73. The first-order chi connectivity index (χ1) is 15.5. The van der Waals surface area contributed by atoms with Crippen molar-refractivity contribution in [2.75, 3.05) is 18.6 Å². The molecule has 0 fully saturated rings. The van der Waals surface area contributed by atoms with Crippen LogP contribution in [-0.2, 0) is 24.0 Å². The number of hydrogen-bond donors (Lipinski definition) is 1. The monoisotopic (exact) mass is 473 g/mol. The highest BCUT2D eigenvalue weighted by Gasteiger charge is 2.34. The van der Waals surface area contributed by atoms with E-state index in [2.05, 4.69) is 17.4 Å². The molecule has 3 aromatic rings. The Kier molecular flexibility index (Phi) is 7.29. The SMILES string of the molecule is CCc1nc(-c2ccc(Cl)cc2Cl)c(CC)nc1N[C@@H]1c2ccccc2C[C@@H]1OCCF. The smallest absolute Gasteiger partial charge is 0.148 e. The first-order valence-corrected chi connectivity index (χ1v) is 11.7. The number of fused-ring (bicyclic) bond motifs is 1. The molecule has 1 aliphatic rings. The molecule has 1 N–H and O–H groups in total. The van der Waals surface area contributed by atoms with Gasteiger partial charge in [0.1, 0.15) is 12.5 Å². The second-order valence-electron chi connectivity index (χ2n) is 7.77. The van der Waals surface area contributed by atoms with Crippen LogP contribution in [0.4, 0.5) is 10.2 Å². The van der Waals surface area contributed by atoms with Gasteiger partial charge in [0.15, 0.2) is 0 Å². The summed E-state index contributed by atoms with van der Waals surface area (Å²) in [7, 11) is 0. The fourth-order valence-electron chi connectivity index (χ4n) is 4.24. The highest BCUT2D eigenvalue weighted by molar-refractivity contribution is 6.36. The summed E-state index contributed by atoms with van der Waals surface area (Å²) in [5.74, 6) is 0.730. The van der Waals surface area contributed by atoms with Gasteiger partial charge >= 0.3 is 0 Å². The molecule has 2 aromatic carbocycles. The molecule has 168 valence electrons. The maximum atomic E-state index is 12.8. The van der Waals surface area contributed by atoms with Crippen molar-refractivity contribution in [3.63, 3.8) is 0 Å². The molecule has 0 amide bonds. The van der Waals surface area contributed by atoms with Crippen molar-refractivity contribution in [2.24, 2.45) is 0 Å². The second-order valence-corrected chi connectivity index (χ2v) is 8.61. The number of hydrogen-bond acceptors (Lipinski definition) is 4. The van der Waals surface area contributed by atoms with E-state index in [0.717, 1.165) is 40.4 Å². The van der Waals surface area contributed by atoms with Crippen molar-refractivity contribution >= 4 is 29.0 Å². The summed E-state index contributed by atoms with van der Waals surface area (Å²) in [5, 5.41) is 4.71. The molecule has 0 saturated carbocycles. The van der Waals surface area contributed by atoms with E-state index in [-0.39, 0.29) is 18.8 Å². The van der Waals surface area contributed by atoms with E-state index < -0.39 is 6.67 Å². The fourth-order valence-corrected chi connectivity index (χ4v) is 4.74. The number of aryl methyl sites for hydroxylation is 2. The standard InChI is InChI=1S/C25H26Cl2FN3O/c1-3-20-23(18-10-9-16(26)14-19(18)27)29-21(4-2)25(30-20)31-24-17-8-6-5-7-15(17)13-22(24)32-12-11-28/h5-10,14,22,24H,3-4,11-13H2,1-2H3,(H,30,31)/t22-,24+/m0/s1. The number of nitrogens with one attached hydrogen (secondary N) is 1. The molecule has 4 rings (SSSR count). The van der Waals surface area contributed by atoms with Crippen LogP contribution in [0, 0.1) is 0 Å². The van der Waals surface area contributed by atoms with E-state index in [9.17, 15) is 4.39 Å². The molecule has 1 aromatic heterocycles. The van der Waals surface area contributed by atoms with E-state index in [1.807, 2.05) is 38.1 Å². The number of anilines is 1. The van der Waals surface area contributed by atoms with E-state index in [0.29, 0.717) is 22.9 Å². The van der Waals surface area contributed by atoms with Crippen molar-refractivity contribution in [3.8, 4) is 11.3 Å². The Morgan fingerprint density at radius 1 is 1.06 bits per heavy atom. The summed E-state index contributed by atoms with van der Waals surface area (Å²) in [5.41, 5.74) is 5.65. The third kappa shape index (κ3) is 4.61. The van der Waals surface area contributed by atoms with Gasteiger partial charge in [0.05, 0.1) is 40.9 Å². The van der Waals surface area contributed by atoms with Gasteiger partial charge in [0, 0.05) is 17.0 Å². The van der Waals surface area contributed by atoms with E-state index in [1.54, 1.807) is 6.07 Å². The van der Waals surface area contributed by atoms with Gasteiger partial charge in [0.25, 0.3) is 0 Å². The molecule has 0 saturated heterocycles. The van der Waals surface area contributed by atoms with Crippen LogP contribution in [0.25, 0.3) is 11.3 Å². The van der Waals surface area contributed by atoms with Crippen molar-refractivity contribution < 1.29 is 9.13 Å². The van der Waals surface area contributed by atoms with Crippen molar-refractivity contribution in [1.29, 1.82) is 0 Å². The zero-order chi connectivity index (χ0) is 22.7. The summed E-state index contributed by atoms with van der Waals surface area (Å²) in [6, 6.07) is 13.5. The Bertz CT molecular complexity index is 1110. The average molecular weight is 474 g/mol. The first-order valence-electron chi connectivity index (χ1n) is 10.9. The first kappa shape index (κ1) is 23.0. The molecule has 2 atom stereocenters. The van der Waals surface area contributed by atoms with Gasteiger partial charge in [0.2, 0.25) is 0 Å². The van der Waals surface area contributed by atoms with Crippen LogP contribution in [-0.4, -0.2) is 29.4 Å². The lowest BCUT2D eigenvalue weighted by Gasteiger charge is -2.24. The van der Waals surface area contributed by atoms with Gasteiger partial charge in [-0.3, -0.25) is 0 Å². The minimum Gasteiger partial charge on any atom is -0.373 e. The van der Waals surface area contributed by atoms with Crippen LogP contribution >= 0.6 is 23.2 Å². The van der Waals surface area contributed by atoms with Gasteiger partial charge < -0.3 is 10.1 Å². The third-order valence-corrected chi connectivity index (χ3v) is 6.33. The molecule has 1 heterocycles. The molecule has 0 aliphatic heterocycles. The molecular weight excluding hydrogens is 448 g/mol. The van der Waals surface area contributed by atoms with E-state index >= 15 is 0 Å². The van der Waals surface area contributed by atoms with Gasteiger partial charge in [-0.2, -0.15) is 0 Å².